The van der Waals surface area contributed by atoms with Crippen LogP contribution in [0.2, 0.25) is 0 Å². The molecule has 0 radical (unpaired) electrons. The predicted octanol–water partition coefficient (Wildman–Crippen LogP) is 2.70. The first-order chi connectivity index (χ1) is 13.0. The van der Waals surface area contributed by atoms with Gasteiger partial charge in [0.2, 0.25) is 5.91 Å². The molecule has 1 aliphatic carbocycles. The number of carbonyl (C=O) groups is 1. The molecule has 0 N–H and O–H groups in total. The van der Waals surface area contributed by atoms with Gasteiger partial charge in [0.05, 0.1) is 23.8 Å². The average molecular weight is 408 g/mol. The van der Waals surface area contributed by atoms with E-state index in [0.29, 0.717) is 11.7 Å². The molecule has 1 fully saturated rings. The lowest BCUT2D eigenvalue weighted by Crippen LogP contribution is -2.30. The number of nitrogens with zero attached hydrogens (tertiary/aromatic N) is 3. The summed E-state index contributed by atoms with van der Waals surface area (Å²) < 4.78 is 7.53. The first kappa shape index (κ1) is 19.0. The summed E-state index contributed by atoms with van der Waals surface area (Å²) in [5, 5.41) is 1.44. The van der Waals surface area contributed by atoms with Gasteiger partial charge < -0.3 is 9.64 Å². The summed E-state index contributed by atoms with van der Waals surface area (Å²) in [4.78, 5) is 34.0. The van der Waals surface area contributed by atoms with Crippen molar-refractivity contribution in [3.8, 4) is 0 Å². The van der Waals surface area contributed by atoms with E-state index in [9.17, 15) is 9.59 Å². The number of aromatic nitrogens is 2. The smallest absolute Gasteiger partial charge is 0.263 e. The van der Waals surface area contributed by atoms with Gasteiger partial charge in [-0.15, -0.1) is 11.3 Å². The second kappa shape index (κ2) is 7.93. The van der Waals surface area contributed by atoms with Gasteiger partial charge in [0, 0.05) is 25.6 Å². The molecule has 27 heavy (non-hydrogen) atoms. The van der Waals surface area contributed by atoms with Crippen LogP contribution in [0.25, 0.3) is 10.2 Å². The van der Waals surface area contributed by atoms with Crippen molar-refractivity contribution in [3.05, 3.63) is 20.8 Å². The van der Waals surface area contributed by atoms with Gasteiger partial charge in [0.25, 0.3) is 5.56 Å². The van der Waals surface area contributed by atoms with E-state index < -0.39 is 0 Å². The highest BCUT2D eigenvalue weighted by atomic mass is 32.2. The minimum absolute atomic E-state index is 0.0171. The molecule has 6 nitrogen and oxygen atoms in total. The summed E-state index contributed by atoms with van der Waals surface area (Å²) in [6.07, 6.45) is 6.39. The van der Waals surface area contributed by atoms with Gasteiger partial charge in [-0.05, 0) is 44.1 Å². The van der Waals surface area contributed by atoms with Crippen molar-refractivity contribution in [1.29, 1.82) is 0 Å². The van der Waals surface area contributed by atoms with E-state index in [2.05, 4.69) is 0 Å². The fraction of sp³-hybridized carbons (Fsp3) is 0.632. The summed E-state index contributed by atoms with van der Waals surface area (Å²) in [5.74, 6) is 0.296. The molecule has 1 unspecified atom stereocenters. The normalized spacial score (nSPS) is 19.4. The second-order valence-corrected chi connectivity index (χ2v) is 9.44. The molecule has 0 bridgehead atoms. The third-order valence-electron chi connectivity index (χ3n) is 5.27. The Kier molecular flexibility index (Phi) is 5.57. The van der Waals surface area contributed by atoms with Gasteiger partial charge in [0.15, 0.2) is 5.16 Å². The summed E-state index contributed by atoms with van der Waals surface area (Å²) in [6.45, 7) is 1.27. The maximum absolute atomic E-state index is 13.4. The molecule has 0 saturated carbocycles. The topological polar surface area (TPSA) is 64.4 Å². The maximum atomic E-state index is 13.4. The van der Waals surface area contributed by atoms with Crippen molar-refractivity contribution >= 4 is 39.2 Å². The Morgan fingerprint density at radius 1 is 1.33 bits per heavy atom. The van der Waals surface area contributed by atoms with Crippen LogP contribution in [0, 0.1) is 0 Å². The minimum atomic E-state index is 0.0171. The number of thiophene rings is 1. The summed E-state index contributed by atoms with van der Waals surface area (Å²) in [6, 6.07) is 0. The first-order valence-electron chi connectivity index (χ1n) is 9.54. The van der Waals surface area contributed by atoms with Gasteiger partial charge in [-0.1, -0.05) is 11.8 Å². The fourth-order valence-corrected chi connectivity index (χ4v) is 6.03. The summed E-state index contributed by atoms with van der Waals surface area (Å²) in [5.41, 5.74) is 1.25. The molecule has 1 amide bonds. The highest BCUT2D eigenvalue weighted by molar-refractivity contribution is 7.99. The molecule has 2 aromatic heterocycles. The van der Waals surface area contributed by atoms with Gasteiger partial charge in [-0.2, -0.15) is 0 Å². The molecule has 0 aromatic carbocycles. The SMILES string of the molecule is CN(C)C(=O)CSc1nc2sc3c(c2c(=O)n1CC1CCCO1)CCCC3. The van der Waals surface area contributed by atoms with Crippen molar-refractivity contribution in [2.45, 2.75) is 56.3 Å². The van der Waals surface area contributed by atoms with Crippen molar-refractivity contribution in [2.24, 2.45) is 0 Å². The number of hydrogen-bond donors (Lipinski definition) is 0. The van der Waals surface area contributed by atoms with Crippen LogP contribution >= 0.6 is 23.1 Å². The van der Waals surface area contributed by atoms with E-state index in [4.69, 9.17) is 9.72 Å². The highest BCUT2D eigenvalue weighted by Crippen LogP contribution is 2.35. The summed E-state index contributed by atoms with van der Waals surface area (Å²) in [7, 11) is 3.48. The minimum Gasteiger partial charge on any atom is -0.376 e. The predicted molar refractivity (Wildman–Crippen MR) is 109 cm³/mol. The molecule has 4 rings (SSSR count). The Balaban J connectivity index is 1.76. The van der Waals surface area contributed by atoms with E-state index >= 15 is 0 Å². The monoisotopic (exact) mass is 407 g/mol. The molecule has 1 atom stereocenters. The van der Waals surface area contributed by atoms with E-state index in [1.54, 1.807) is 34.9 Å². The molecule has 1 aliphatic heterocycles. The molecule has 8 heteroatoms. The molecule has 2 aromatic rings. The number of fused-ring (bicyclic) bond motifs is 3. The molecule has 3 heterocycles. The number of rotatable bonds is 5. The Hall–Kier alpha value is -1.38. The molecule has 0 spiro atoms. The maximum Gasteiger partial charge on any atom is 0.263 e. The molecule has 146 valence electrons. The van der Waals surface area contributed by atoms with Crippen molar-refractivity contribution in [2.75, 3.05) is 26.5 Å². The van der Waals surface area contributed by atoms with Crippen LogP contribution in [-0.4, -0.2) is 52.9 Å². The molecule has 2 aliphatic rings. The Labute approximate surface area is 166 Å². The van der Waals surface area contributed by atoms with E-state index in [-0.39, 0.29) is 23.3 Å². The standard InChI is InChI=1S/C19H25N3O3S2/c1-21(2)15(23)11-26-19-20-17-16(13-7-3-4-8-14(13)27-17)18(24)22(19)10-12-6-5-9-25-12/h12H,3-11H2,1-2H3. The zero-order chi connectivity index (χ0) is 19.0. The van der Waals surface area contributed by atoms with E-state index in [0.717, 1.165) is 48.9 Å². The van der Waals surface area contributed by atoms with E-state index in [1.807, 2.05) is 0 Å². The second-order valence-electron chi connectivity index (χ2n) is 7.41. The van der Waals surface area contributed by atoms with Crippen LogP contribution in [0.5, 0.6) is 0 Å². The van der Waals surface area contributed by atoms with Crippen molar-refractivity contribution in [3.63, 3.8) is 0 Å². The van der Waals surface area contributed by atoms with Crippen LogP contribution in [0.1, 0.15) is 36.1 Å². The lowest BCUT2D eigenvalue weighted by Gasteiger charge is -2.17. The molecular formula is C19H25N3O3S2. The number of ether oxygens (including phenoxy) is 1. The Morgan fingerprint density at radius 2 is 2.15 bits per heavy atom. The van der Waals surface area contributed by atoms with E-state index in [1.165, 1.54) is 28.6 Å². The number of hydrogen-bond acceptors (Lipinski definition) is 6. The van der Waals surface area contributed by atoms with Crippen LogP contribution in [0.15, 0.2) is 9.95 Å². The summed E-state index contributed by atoms with van der Waals surface area (Å²) >= 11 is 3.01. The fourth-order valence-electron chi connectivity index (χ4n) is 3.74. The quantitative estimate of drug-likeness (QED) is 0.563. The van der Waals surface area contributed by atoms with Gasteiger partial charge in [-0.25, -0.2) is 4.98 Å². The number of thioether (sulfide) groups is 1. The van der Waals surface area contributed by atoms with Crippen molar-refractivity contribution < 1.29 is 9.53 Å². The van der Waals surface area contributed by atoms with Gasteiger partial charge >= 0.3 is 0 Å². The highest BCUT2D eigenvalue weighted by Gasteiger charge is 2.25. The van der Waals surface area contributed by atoms with Crippen LogP contribution in [-0.2, 0) is 28.9 Å². The average Bonchev–Trinajstić information content (AvgIpc) is 3.29. The zero-order valence-electron chi connectivity index (χ0n) is 15.8. The Bertz CT molecular complexity index is 913. The lowest BCUT2D eigenvalue weighted by atomic mass is 9.97. The van der Waals surface area contributed by atoms with Gasteiger partial charge in [-0.3, -0.25) is 14.2 Å². The Morgan fingerprint density at radius 3 is 2.89 bits per heavy atom. The van der Waals surface area contributed by atoms with Crippen molar-refractivity contribution in [1.82, 2.24) is 14.5 Å². The first-order valence-corrected chi connectivity index (χ1v) is 11.3. The lowest BCUT2D eigenvalue weighted by molar-refractivity contribution is -0.125. The third-order valence-corrected chi connectivity index (χ3v) is 7.42. The molecule has 1 saturated heterocycles. The molecular weight excluding hydrogens is 382 g/mol. The van der Waals surface area contributed by atoms with Gasteiger partial charge in [0.1, 0.15) is 4.83 Å². The number of aryl methyl sites for hydroxylation is 2. The third kappa shape index (κ3) is 3.79. The zero-order valence-corrected chi connectivity index (χ0v) is 17.5. The largest absolute Gasteiger partial charge is 0.376 e. The van der Waals surface area contributed by atoms with Crippen LogP contribution in [0.4, 0.5) is 0 Å². The van der Waals surface area contributed by atoms with Crippen LogP contribution in [0.3, 0.4) is 0 Å². The number of carbonyl (C=O) groups excluding carboxylic acids is 1. The number of amides is 1. The van der Waals surface area contributed by atoms with Crippen LogP contribution < -0.4 is 5.56 Å².